The molecule has 2 rings (SSSR count). The summed E-state index contributed by atoms with van der Waals surface area (Å²) in [6.07, 6.45) is 2.02. The number of amides is 1. The van der Waals surface area contributed by atoms with Crippen molar-refractivity contribution in [2.45, 2.75) is 19.5 Å². The second kappa shape index (κ2) is 7.63. The number of aromatic nitrogens is 1. The normalized spacial score (nSPS) is 10.4. The molecule has 0 saturated heterocycles. The van der Waals surface area contributed by atoms with Gasteiger partial charge in [0.15, 0.2) is 0 Å². The molecule has 0 aliphatic heterocycles. The Labute approximate surface area is 136 Å². The van der Waals surface area contributed by atoms with Crippen LogP contribution in [0.5, 0.6) is 0 Å². The zero-order chi connectivity index (χ0) is 16.8. The van der Waals surface area contributed by atoms with Crippen LogP contribution >= 0.6 is 0 Å². The number of carbonyl (C=O) groups is 1. The van der Waals surface area contributed by atoms with Gasteiger partial charge in [0.1, 0.15) is 0 Å². The number of carbonyl (C=O) groups excluding carboxylic acids is 1. The Bertz CT molecular complexity index is 705. The van der Waals surface area contributed by atoms with Crippen LogP contribution in [-0.4, -0.2) is 36.5 Å². The summed E-state index contributed by atoms with van der Waals surface area (Å²) in [5, 5.41) is 0. The van der Waals surface area contributed by atoms with Crippen LogP contribution in [0, 0.1) is 0 Å². The van der Waals surface area contributed by atoms with E-state index in [-0.39, 0.29) is 11.5 Å². The zero-order valence-corrected chi connectivity index (χ0v) is 13.9. The van der Waals surface area contributed by atoms with E-state index in [4.69, 9.17) is 0 Å². The van der Waals surface area contributed by atoms with E-state index in [2.05, 4.69) is 0 Å². The summed E-state index contributed by atoms with van der Waals surface area (Å²) < 4.78 is 1.55. The monoisotopic (exact) mass is 313 g/mol. The van der Waals surface area contributed by atoms with E-state index in [0.717, 1.165) is 11.3 Å². The number of rotatable bonds is 6. The lowest BCUT2D eigenvalue weighted by molar-refractivity contribution is -0.130. The van der Waals surface area contributed by atoms with E-state index in [1.165, 1.54) is 6.07 Å². The second-order valence-electron chi connectivity index (χ2n) is 5.79. The van der Waals surface area contributed by atoms with Gasteiger partial charge in [0.05, 0.1) is 0 Å². The number of anilines is 1. The molecule has 1 aromatic heterocycles. The molecule has 122 valence electrons. The summed E-state index contributed by atoms with van der Waals surface area (Å²) in [6, 6.07) is 13.1. The van der Waals surface area contributed by atoms with Gasteiger partial charge in [-0.2, -0.15) is 0 Å². The van der Waals surface area contributed by atoms with Crippen molar-refractivity contribution < 1.29 is 4.79 Å². The maximum absolute atomic E-state index is 12.2. The Morgan fingerprint density at radius 1 is 1.04 bits per heavy atom. The number of benzene rings is 1. The minimum atomic E-state index is -0.0813. The highest BCUT2D eigenvalue weighted by molar-refractivity contribution is 5.75. The zero-order valence-electron chi connectivity index (χ0n) is 13.9. The highest BCUT2D eigenvalue weighted by Gasteiger charge is 2.10. The Balaban J connectivity index is 1.90. The molecule has 2 aromatic rings. The molecule has 1 aromatic carbocycles. The quantitative estimate of drug-likeness (QED) is 0.819. The summed E-state index contributed by atoms with van der Waals surface area (Å²) in [5.74, 6) is 0.0254. The van der Waals surface area contributed by atoms with E-state index in [1.807, 2.05) is 43.3 Å². The molecule has 1 amide bonds. The van der Waals surface area contributed by atoms with Gasteiger partial charge in [-0.1, -0.05) is 18.2 Å². The lowest BCUT2D eigenvalue weighted by Gasteiger charge is -2.18. The fraction of sp³-hybridized carbons (Fsp3) is 0.333. The SMILES string of the molecule is CN(Cc1ccc(N(C)C)cc1)C(=O)CCn1ccccc1=O. The van der Waals surface area contributed by atoms with Crippen molar-refractivity contribution in [2.24, 2.45) is 0 Å². The molecule has 23 heavy (non-hydrogen) atoms. The van der Waals surface area contributed by atoms with Crippen molar-refractivity contribution in [1.82, 2.24) is 9.47 Å². The van der Waals surface area contributed by atoms with Crippen molar-refractivity contribution in [3.05, 3.63) is 64.6 Å². The van der Waals surface area contributed by atoms with Gasteiger partial charge in [0.2, 0.25) is 5.91 Å². The maximum Gasteiger partial charge on any atom is 0.250 e. The van der Waals surface area contributed by atoms with Gasteiger partial charge in [-0.25, -0.2) is 0 Å². The fourth-order valence-electron chi connectivity index (χ4n) is 2.31. The molecule has 0 unspecified atom stereocenters. The summed E-state index contributed by atoms with van der Waals surface area (Å²) >= 11 is 0. The van der Waals surface area contributed by atoms with E-state index in [0.29, 0.717) is 19.5 Å². The lowest BCUT2D eigenvalue weighted by Crippen LogP contribution is -2.28. The van der Waals surface area contributed by atoms with Crippen molar-refractivity contribution in [3.63, 3.8) is 0 Å². The predicted molar refractivity (Wildman–Crippen MR) is 92.6 cm³/mol. The Hall–Kier alpha value is -2.56. The lowest BCUT2D eigenvalue weighted by atomic mass is 10.2. The fourth-order valence-corrected chi connectivity index (χ4v) is 2.31. The maximum atomic E-state index is 12.2. The average molecular weight is 313 g/mol. The van der Waals surface area contributed by atoms with Gasteiger partial charge >= 0.3 is 0 Å². The summed E-state index contributed by atoms with van der Waals surface area (Å²) in [5.41, 5.74) is 2.14. The number of nitrogens with zero attached hydrogens (tertiary/aromatic N) is 3. The molecule has 0 radical (unpaired) electrons. The third-order valence-electron chi connectivity index (χ3n) is 3.76. The van der Waals surface area contributed by atoms with Gasteiger partial charge < -0.3 is 14.4 Å². The van der Waals surface area contributed by atoms with Crippen LogP contribution in [0.3, 0.4) is 0 Å². The van der Waals surface area contributed by atoms with Crippen LogP contribution in [-0.2, 0) is 17.9 Å². The molecule has 0 bridgehead atoms. The number of pyridine rings is 1. The van der Waals surface area contributed by atoms with E-state index in [1.54, 1.807) is 34.8 Å². The summed E-state index contributed by atoms with van der Waals surface area (Å²) in [6.45, 7) is 0.971. The molecular formula is C18H23N3O2. The van der Waals surface area contributed by atoms with Gasteiger partial charge in [0.25, 0.3) is 5.56 Å². The van der Waals surface area contributed by atoms with Crippen LogP contribution in [0.1, 0.15) is 12.0 Å². The summed E-state index contributed by atoms with van der Waals surface area (Å²) in [7, 11) is 5.78. The first-order valence-electron chi connectivity index (χ1n) is 7.63. The first-order valence-corrected chi connectivity index (χ1v) is 7.63. The highest BCUT2D eigenvalue weighted by atomic mass is 16.2. The van der Waals surface area contributed by atoms with Crippen LogP contribution in [0.15, 0.2) is 53.5 Å². The summed E-state index contributed by atoms with van der Waals surface area (Å²) in [4.78, 5) is 27.6. The minimum absolute atomic E-state index is 0.0254. The largest absolute Gasteiger partial charge is 0.378 e. The van der Waals surface area contributed by atoms with Crippen molar-refractivity contribution in [3.8, 4) is 0 Å². The van der Waals surface area contributed by atoms with Crippen LogP contribution in [0.4, 0.5) is 5.69 Å². The van der Waals surface area contributed by atoms with Gasteiger partial charge in [-0.05, 0) is 23.8 Å². The molecule has 0 fully saturated rings. The molecule has 0 spiro atoms. The highest BCUT2D eigenvalue weighted by Crippen LogP contribution is 2.13. The second-order valence-corrected chi connectivity index (χ2v) is 5.79. The number of hydrogen-bond acceptors (Lipinski definition) is 3. The molecule has 0 atom stereocenters. The topological polar surface area (TPSA) is 45.5 Å². The molecule has 1 heterocycles. The molecule has 0 saturated carbocycles. The van der Waals surface area contributed by atoms with Crippen LogP contribution < -0.4 is 10.5 Å². The predicted octanol–water partition coefficient (Wildman–Crippen LogP) is 1.96. The molecule has 5 nitrogen and oxygen atoms in total. The van der Waals surface area contributed by atoms with Crippen molar-refractivity contribution in [2.75, 3.05) is 26.0 Å². The Morgan fingerprint density at radius 3 is 2.35 bits per heavy atom. The molecule has 0 aliphatic rings. The molecule has 0 aliphatic carbocycles. The smallest absolute Gasteiger partial charge is 0.250 e. The Kier molecular flexibility index (Phi) is 5.57. The van der Waals surface area contributed by atoms with Gasteiger partial charge in [0, 0.05) is 58.6 Å². The van der Waals surface area contributed by atoms with Crippen molar-refractivity contribution >= 4 is 11.6 Å². The number of aryl methyl sites for hydroxylation is 1. The first kappa shape index (κ1) is 16.8. The van der Waals surface area contributed by atoms with Crippen LogP contribution in [0.25, 0.3) is 0 Å². The van der Waals surface area contributed by atoms with E-state index in [9.17, 15) is 9.59 Å². The van der Waals surface area contributed by atoms with E-state index >= 15 is 0 Å². The molecule has 5 heteroatoms. The first-order chi connectivity index (χ1) is 11.0. The van der Waals surface area contributed by atoms with Crippen LogP contribution in [0.2, 0.25) is 0 Å². The Morgan fingerprint density at radius 2 is 1.74 bits per heavy atom. The standard InChI is InChI=1S/C18H23N3O2/c1-19(2)16-9-7-15(8-10-16)14-20(3)17(22)11-13-21-12-5-4-6-18(21)23/h4-10,12H,11,13-14H2,1-3H3. The van der Waals surface area contributed by atoms with E-state index < -0.39 is 0 Å². The molecular weight excluding hydrogens is 290 g/mol. The number of hydrogen-bond donors (Lipinski definition) is 0. The third kappa shape index (κ3) is 4.71. The third-order valence-corrected chi connectivity index (χ3v) is 3.76. The van der Waals surface area contributed by atoms with Crippen molar-refractivity contribution in [1.29, 1.82) is 0 Å². The molecule has 0 N–H and O–H groups in total. The van der Waals surface area contributed by atoms with Gasteiger partial charge in [-0.15, -0.1) is 0 Å². The minimum Gasteiger partial charge on any atom is -0.378 e. The van der Waals surface area contributed by atoms with Gasteiger partial charge in [-0.3, -0.25) is 9.59 Å². The average Bonchev–Trinajstić information content (AvgIpc) is 2.54.